The van der Waals surface area contributed by atoms with Crippen LogP contribution in [0.3, 0.4) is 0 Å². The number of aromatic nitrogens is 2. The van der Waals surface area contributed by atoms with Crippen molar-refractivity contribution < 1.29 is 13.2 Å². The number of nitrogens with zero attached hydrogens (tertiary/aromatic N) is 2. The summed E-state index contributed by atoms with van der Waals surface area (Å²) in [5, 5.41) is 12.1. The van der Waals surface area contributed by atoms with Crippen molar-refractivity contribution in [1.29, 1.82) is 0 Å². The predicted octanol–water partition coefficient (Wildman–Crippen LogP) is 4.11. The molecule has 3 rings (SSSR count). The molecule has 0 saturated heterocycles. The van der Waals surface area contributed by atoms with Crippen LogP contribution in [0.25, 0.3) is 0 Å². The third-order valence-electron chi connectivity index (χ3n) is 3.58. The second-order valence-electron chi connectivity index (χ2n) is 5.66. The first-order chi connectivity index (χ1) is 13.5. The van der Waals surface area contributed by atoms with Crippen molar-refractivity contribution in [2.75, 3.05) is 23.9 Å². The fourth-order valence-electron chi connectivity index (χ4n) is 2.18. The number of benzene rings is 2. The third-order valence-corrected chi connectivity index (χ3v) is 7.09. The maximum Gasteiger partial charge on any atom is 0.211 e. The van der Waals surface area contributed by atoms with Crippen LogP contribution >= 0.6 is 23.1 Å². The Morgan fingerprint density at radius 3 is 2.46 bits per heavy atom. The predicted molar refractivity (Wildman–Crippen MR) is 114 cm³/mol. The van der Waals surface area contributed by atoms with Crippen LogP contribution in [0, 0.1) is 0 Å². The van der Waals surface area contributed by atoms with Gasteiger partial charge in [0.25, 0.3) is 0 Å². The van der Waals surface area contributed by atoms with Crippen LogP contribution in [0.5, 0.6) is 11.5 Å². The molecule has 1 aromatic heterocycles. The Hall–Kier alpha value is -2.14. The topological polar surface area (TPSA) is 93.2 Å². The van der Waals surface area contributed by atoms with Crippen molar-refractivity contribution in [3.63, 3.8) is 0 Å². The van der Waals surface area contributed by atoms with Gasteiger partial charge in [0.1, 0.15) is 11.5 Å². The molecular formula is C18H20N4O3S3. The van der Waals surface area contributed by atoms with E-state index in [9.17, 15) is 8.42 Å². The summed E-state index contributed by atoms with van der Waals surface area (Å²) in [6.45, 7) is 0. The van der Waals surface area contributed by atoms with Gasteiger partial charge in [0.15, 0.2) is 4.34 Å². The molecule has 0 radical (unpaired) electrons. The first-order valence-corrected chi connectivity index (χ1v) is 12.0. The number of para-hydroxylation sites is 1. The third kappa shape index (κ3) is 6.48. The molecule has 148 valence electrons. The lowest BCUT2D eigenvalue weighted by Crippen LogP contribution is -2.22. The van der Waals surface area contributed by atoms with Crippen LogP contribution in [-0.4, -0.2) is 37.2 Å². The van der Waals surface area contributed by atoms with Gasteiger partial charge in [-0.2, -0.15) is 0 Å². The minimum atomic E-state index is -3.15. The lowest BCUT2D eigenvalue weighted by atomic mass is 10.3. The summed E-state index contributed by atoms with van der Waals surface area (Å²) in [5.74, 6) is 2.32. The Bertz CT molecular complexity index is 977. The summed E-state index contributed by atoms with van der Waals surface area (Å²) in [5.41, 5.74) is 0.883. The monoisotopic (exact) mass is 436 g/mol. The maximum atomic E-state index is 11.4. The molecular weight excluding hydrogens is 416 g/mol. The number of sulfonamides is 1. The van der Waals surface area contributed by atoms with E-state index in [0.29, 0.717) is 17.3 Å². The van der Waals surface area contributed by atoms with Crippen molar-refractivity contribution in [3.05, 3.63) is 54.6 Å². The lowest BCUT2D eigenvalue weighted by molar-refractivity contribution is 0.483. The molecule has 1 heterocycles. The molecule has 0 saturated carbocycles. The molecule has 0 aliphatic heterocycles. The van der Waals surface area contributed by atoms with E-state index in [1.165, 1.54) is 30.1 Å². The van der Waals surface area contributed by atoms with Crippen molar-refractivity contribution >= 4 is 43.9 Å². The van der Waals surface area contributed by atoms with Gasteiger partial charge in [-0.05, 0) is 49.9 Å². The first-order valence-electron chi connectivity index (χ1n) is 8.51. The van der Waals surface area contributed by atoms with E-state index >= 15 is 0 Å². The molecule has 2 N–H and O–H groups in total. The van der Waals surface area contributed by atoms with Gasteiger partial charge in [0, 0.05) is 11.4 Å². The first kappa shape index (κ1) is 20.6. The summed E-state index contributed by atoms with van der Waals surface area (Å²) in [4.78, 5) is 0. The molecule has 2 aromatic carbocycles. The van der Waals surface area contributed by atoms with Crippen LogP contribution in [0.1, 0.15) is 6.42 Å². The number of ether oxygens (including phenoxy) is 1. The minimum absolute atomic E-state index is 0.109. The number of anilines is 2. The molecule has 28 heavy (non-hydrogen) atoms. The van der Waals surface area contributed by atoms with Crippen molar-refractivity contribution in [1.82, 2.24) is 14.9 Å². The number of hydrogen-bond donors (Lipinski definition) is 2. The lowest BCUT2D eigenvalue weighted by Gasteiger charge is -2.06. The van der Waals surface area contributed by atoms with Gasteiger partial charge in [0.2, 0.25) is 15.2 Å². The molecule has 0 aliphatic rings. The summed E-state index contributed by atoms with van der Waals surface area (Å²) >= 11 is 2.93. The molecule has 0 atom stereocenters. The van der Waals surface area contributed by atoms with E-state index in [4.69, 9.17) is 4.74 Å². The highest BCUT2D eigenvalue weighted by Crippen LogP contribution is 2.29. The molecule has 0 bridgehead atoms. The standard InChI is InChI=1S/C18H20N4O3S3/c1-19-28(23,24)13-5-12-26-18-22-21-17(27-18)20-14-8-10-16(11-9-14)25-15-6-3-2-4-7-15/h2-4,6-11,19H,5,12-13H2,1H3,(H,20,21). The Morgan fingerprint density at radius 2 is 1.75 bits per heavy atom. The van der Waals surface area contributed by atoms with E-state index in [1.807, 2.05) is 54.6 Å². The second-order valence-corrected chi connectivity index (χ2v) is 10.0. The van der Waals surface area contributed by atoms with Gasteiger partial charge < -0.3 is 10.1 Å². The van der Waals surface area contributed by atoms with Crippen LogP contribution < -0.4 is 14.8 Å². The van der Waals surface area contributed by atoms with E-state index in [2.05, 4.69) is 20.2 Å². The van der Waals surface area contributed by atoms with Crippen LogP contribution in [-0.2, 0) is 10.0 Å². The molecule has 0 aliphatic carbocycles. The summed E-state index contributed by atoms with van der Waals surface area (Å²) < 4.78 is 31.6. The average Bonchev–Trinajstić information content (AvgIpc) is 3.15. The molecule has 10 heteroatoms. The van der Waals surface area contributed by atoms with E-state index in [0.717, 1.165) is 21.5 Å². The van der Waals surface area contributed by atoms with E-state index in [-0.39, 0.29) is 5.75 Å². The highest BCUT2D eigenvalue weighted by Gasteiger charge is 2.09. The zero-order chi connectivity index (χ0) is 19.8. The SMILES string of the molecule is CNS(=O)(=O)CCCSc1nnc(Nc2ccc(Oc3ccccc3)cc2)s1. The molecule has 0 amide bonds. The van der Waals surface area contributed by atoms with Gasteiger partial charge in [-0.3, -0.25) is 0 Å². The van der Waals surface area contributed by atoms with Crippen LogP contribution in [0.4, 0.5) is 10.8 Å². The average molecular weight is 437 g/mol. The Kier molecular flexibility index (Phi) is 7.26. The molecule has 0 fully saturated rings. The quantitative estimate of drug-likeness (QED) is 0.365. The van der Waals surface area contributed by atoms with Crippen LogP contribution in [0.2, 0.25) is 0 Å². The molecule has 7 nitrogen and oxygen atoms in total. The molecule has 3 aromatic rings. The highest BCUT2D eigenvalue weighted by atomic mass is 32.2. The number of hydrogen-bond acceptors (Lipinski definition) is 8. The van der Waals surface area contributed by atoms with Crippen molar-refractivity contribution in [3.8, 4) is 11.5 Å². The minimum Gasteiger partial charge on any atom is -0.457 e. The van der Waals surface area contributed by atoms with Crippen LogP contribution in [0.15, 0.2) is 58.9 Å². The van der Waals surface area contributed by atoms with Gasteiger partial charge >= 0.3 is 0 Å². The fraction of sp³-hybridized carbons (Fsp3) is 0.222. The second kappa shape index (κ2) is 9.87. The van der Waals surface area contributed by atoms with E-state index < -0.39 is 10.0 Å². The molecule has 0 unspecified atom stereocenters. The zero-order valence-corrected chi connectivity index (χ0v) is 17.6. The van der Waals surface area contributed by atoms with Crippen molar-refractivity contribution in [2.24, 2.45) is 0 Å². The summed E-state index contributed by atoms with van der Waals surface area (Å²) in [6, 6.07) is 17.2. The largest absolute Gasteiger partial charge is 0.457 e. The van der Waals surface area contributed by atoms with E-state index in [1.54, 1.807) is 0 Å². The van der Waals surface area contributed by atoms with Gasteiger partial charge in [0.05, 0.1) is 5.75 Å². The Labute approximate surface area is 172 Å². The Balaban J connectivity index is 1.48. The molecule has 0 spiro atoms. The fourth-order valence-corrected chi connectivity index (χ4v) is 4.88. The summed E-state index contributed by atoms with van der Waals surface area (Å²) in [7, 11) is -1.73. The van der Waals surface area contributed by atoms with Gasteiger partial charge in [-0.15, -0.1) is 10.2 Å². The normalized spacial score (nSPS) is 11.3. The Morgan fingerprint density at radius 1 is 1.04 bits per heavy atom. The van der Waals surface area contributed by atoms with Gasteiger partial charge in [-0.25, -0.2) is 13.1 Å². The summed E-state index contributed by atoms with van der Waals surface area (Å²) in [6.07, 6.45) is 0.555. The van der Waals surface area contributed by atoms with Gasteiger partial charge in [-0.1, -0.05) is 41.3 Å². The number of nitrogens with one attached hydrogen (secondary N) is 2. The number of rotatable bonds is 10. The maximum absolute atomic E-state index is 11.4. The number of thioether (sulfide) groups is 1. The smallest absolute Gasteiger partial charge is 0.211 e. The zero-order valence-electron chi connectivity index (χ0n) is 15.2. The van der Waals surface area contributed by atoms with Crippen molar-refractivity contribution in [2.45, 2.75) is 10.8 Å². The highest BCUT2D eigenvalue weighted by molar-refractivity contribution is 8.01.